The Morgan fingerprint density at radius 3 is 2.66 bits per heavy atom. The van der Waals surface area contributed by atoms with Crippen molar-refractivity contribution in [3.63, 3.8) is 0 Å². The van der Waals surface area contributed by atoms with Crippen molar-refractivity contribution < 1.29 is 14.3 Å². The van der Waals surface area contributed by atoms with Gasteiger partial charge in [-0.25, -0.2) is 0 Å². The Bertz CT molecular complexity index is 835. The number of carbonyl (C=O) groups is 1. The van der Waals surface area contributed by atoms with Crippen LogP contribution in [0.1, 0.15) is 31.7 Å². The van der Waals surface area contributed by atoms with E-state index >= 15 is 0 Å². The van der Waals surface area contributed by atoms with Crippen molar-refractivity contribution in [1.29, 1.82) is 0 Å². The Labute approximate surface area is 170 Å². The number of rotatable bonds is 7. The smallest absolute Gasteiger partial charge is 0.231 e. The van der Waals surface area contributed by atoms with Crippen LogP contribution in [0, 0.1) is 0 Å². The Kier molecular flexibility index (Phi) is 6.09. The SMILES string of the molecule is CCCCC(=O)Nc1ccc(N2CCN(Cc3ccc4c(c3)OCO4)CC2)nn1. The van der Waals surface area contributed by atoms with Crippen LogP contribution in [-0.4, -0.2) is 54.0 Å². The largest absolute Gasteiger partial charge is 0.454 e. The quantitative estimate of drug-likeness (QED) is 0.769. The lowest BCUT2D eigenvalue weighted by atomic mass is 10.1. The van der Waals surface area contributed by atoms with Crippen molar-refractivity contribution in [2.45, 2.75) is 32.7 Å². The molecule has 0 bridgehead atoms. The normalized spacial score (nSPS) is 16.1. The number of unbranched alkanes of at least 4 members (excludes halogenated alkanes) is 1. The minimum Gasteiger partial charge on any atom is -0.454 e. The van der Waals surface area contributed by atoms with Gasteiger partial charge >= 0.3 is 0 Å². The number of nitrogens with one attached hydrogen (secondary N) is 1. The van der Waals surface area contributed by atoms with Crippen LogP contribution in [0.25, 0.3) is 0 Å². The third-order valence-electron chi connectivity index (χ3n) is 5.21. The highest BCUT2D eigenvalue weighted by molar-refractivity contribution is 5.89. The van der Waals surface area contributed by atoms with Crippen LogP contribution in [0.15, 0.2) is 30.3 Å². The number of amides is 1. The van der Waals surface area contributed by atoms with Crippen molar-refractivity contribution in [2.24, 2.45) is 0 Å². The number of carbonyl (C=O) groups excluding carboxylic acids is 1. The van der Waals surface area contributed by atoms with E-state index < -0.39 is 0 Å². The molecule has 29 heavy (non-hydrogen) atoms. The lowest BCUT2D eigenvalue weighted by Crippen LogP contribution is -2.46. The predicted octanol–water partition coefficient (Wildman–Crippen LogP) is 2.66. The molecule has 1 N–H and O–H groups in total. The van der Waals surface area contributed by atoms with E-state index in [0.29, 0.717) is 19.0 Å². The number of benzene rings is 1. The van der Waals surface area contributed by atoms with Gasteiger partial charge in [-0.1, -0.05) is 19.4 Å². The first-order valence-corrected chi connectivity index (χ1v) is 10.2. The molecule has 2 aliphatic heterocycles. The van der Waals surface area contributed by atoms with E-state index in [-0.39, 0.29) is 5.91 Å². The summed E-state index contributed by atoms with van der Waals surface area (Å²) < 4.78 is 10.8. The fourth-order valence-corrected chi connectivity index (χ4v) is 3.54. The molecule has 4 rings (SSSR count). The number of anilines is 2. The van der Waals surface area contributed by atoms with Crippen LogP contribution < -0.4 is 19.7 Å². The van der Waals surface area contributed by atoms with E-state index in [1.54, 1.807) is 0 Å². The Hall–Kier alpha value is -2.87. The summed E-state index contributed by atoms with van der Waals surface area (Å²) >= 11 is 0. The molecule has 154 valence electrons. The summed E-state index contributed by atoms with van der Waals surface area (Å²) in [4.78, 5) is 16.4. The standard InChI is InChI=1S/C21H27N5O3/c1-2-3-4-21(27)22-19-7-8-20(24-23-19)26-11-9-25(10-12-26)14-16-5-6-17-18(13-16)29-15-28-17/h5-8,13H,2-4,9-12,14-15H2,1H3,(H,22,23,27). The molecule has 1 fully saturated rings. The van der Waals surface area contributed by atoms with E-state index in [4.69, 9.17) is 9.47 Å². The number of fused-ring (bicyclic) bond motifs is 1. The van der Waals surface area contributed by atoms with Crippen LogP contribution in [0.3, 0.4) is 0 Å². The molecule has 1 aromatic carbocycles. The van der Waals surface area contributed by atoms with Crippen LogP contribution in [0.5, 0.6) is 11.5 Å². The Morgan fingerprint density at radius 1 is 1.07 bits per heavy atom. The molecular formula is C21H27N5O3. The zero-order valence-electron chi connectivity index (χ0n) is 16.8. The number of hydrogen-bond acceptors (Lipinski definition) is 7. The van der Waals surface area contributed by atoms with Gasteiger partial charge in [-0.2, -0.15) is 0 Å². The first-order valence-electron chi connectivity index (χ1n) is 10.2. The third kappa shape index (κ3) is 4.95. The minimum absolute atomic E-state index is 0.00830. The van der Waals surface area contributed by atoms with Crippen molar-refractivity contribution in [3.8, 4) is 11.5 Å². The first-order chi connectivity index (χ1) is 14.2. The van der Waals surface area contributed by atoms with Crippen molar-refractivity contribution in [3.05, 3.63) is 35.9 Å². The summed E-state index contributed by atoms with van der Waals surface area (Å²) in [6.45, 7) is 6.94. The number of piperazine rings is 1. The molecule has 1 saturated heterocycles. The van der Waals surface area contributed by atoms with Crippen molar-refractivity contribution >= 4 is 17.5 Å². The number of aromatic nitrogens is 2. The zero-order chi connectivity index (χ0) is 20.1. The van der Waals surface area contributed by atoms with E-state index in [1.165, 1.54) is 5.56 Å². The van der Waals surface area contributed by atoms with Gasteiger partial charge < -0.3 is 19.7 Å². The Balaban J connectivity index is 1.26. The molecule has 8 nitrogen and oxygen atoms in total. The first kappa shape index (κ1) is 19.4. The second-order valence-corrected chi connectivity index (χ2v) is 7.38. The number of nitrogens with zero attached hydrogens (tertiary/aromatic N) is 4. The summed E-state index contributed by atoms with van der Waals surface area (Å²) in [6, 6.07) is 9.89. The molecule has 0 saturated carbocycles. The maximum Gasteiger partial charge on any atom is 0.231 e. The molecule has 0 unspecified atom stereocenters. The molecule has 8 heteroatoms. The second-order valence-electron chi connectivity index (χ2n) is 7.38. The molecular weight excluding hydrogens is 370 g/mol. The maximum absolute atomic E-state index is 11.8. The van der Waals surface area contributed by atoms with Gasteiger partial charge in [-0.05, 0) is 36.2 Å². The van der Waals surface area contributed by atoms with E-state index in [2.05, 4.69) is 44.4 Å². The lowest BCUT2D eigenvalue weighted by molar-refractivity contribution is -0.116. The van der Waals surface area contributed by atoms with Crippen LogP contribution in [-0.2, 0) is 11.3 Å². The highest BCUT2D eigenvalue weighted by Crippen LogP contribution is 2.32. The molecule has 0 radical (unpaired) electrons. The van der Waals surface area contributed by atoms with Crippen LogP contribution >= 0.6 is 0 Å². The Morgan fingerprint density at radius 2 is 1.90 bits per heavy atom. The summed E-state index contributed by atoms with van der Waals surface area (Å²) in [5.41, 5.74) is 1.23. The van der Waals surface area contributed by atoms with Crippen molar-refractivity contribution in [2.75, 3.05) is 43.2 Å². The lowest BCUT2D eigenvalue weighted by Gasteiger charge is -2.35. The third-order valence-corrected chi connectivity index (χ3v) is 5.21. The minimum atomic E-state index is -0.00830. The molecule has 1 amide bonds. The highest BCUT2D eigenvalue weighted by Gasteiger charge is 2.20. The summed E-state index contributed by atoms with van der Waals surface area (Å²) in [5.74, 6) is 3.00. The topological polar surface area (TPSA) is 79.8 Å². The van der Waals surface area contributed by atoms with E-state index in [1.807, 2.05) is 18.2 Å². The molecule has 2 aromatic rings. The fraction of sp³-hybridized carbons (Fsp3) is 0.476. The molecule has 0 spiro atoms. The fourth-order valence-electron chi connectivity index (χ4n) is 3.54. The summed E-state index contributed by atoms with van der Waals surface area (Å²) in [6.07, 6.45) is 2.40. The molecule has 0 aliphatic carbocycles. The second kappa shape index (κ2) is 9.09. The van der Waals surface area contributed by atoms with Gasteiger partial charge in [0, 0.05) is 39.1 Å². The predicted molar refractivity (Wildman–Crippen MR) is 110 cm³/mol. The van der Waals surface area contributed by atoms with E-state index in [0.717, 1.165) is 62.9 Å². The zero-order valence-corrected chi connectivity index (χ0v) is 16.8. The van der Waals surface area contributed by atoms with Gasteiger partial charge in [0.2, 0.25) is 12.7 Å². The molecule has 0 atom stereocenters. The molecule has 3 heterocycles. The summed E-state index contributed by atoms with van der Waals surface area (Å²) in [7, 11) is 0. The molecule has 2 aliphatic rings. The van der Waals surface area contributed by atoms with Gasteiger partial charge in [0.05, 0.1) is 0 Å². The van der Waals surface area contributed by atoms with Crippen molar-refractivity contribution in [1.82, 2.24) is 15.1 Å². The van der Waals surface area contributed by atoms with Gasteiger partial charge in [0.15, 0.2) is 23.1 Å². The number of hydrogen-bond donors (Lipinski definition) is 1. The van der Waals surface area contributed by atoms with Gasteiger partial charge in [-0.3, -0.25) is 9.69 Å². The highest BCUT2D eigenvalue weighted by atomic mass is 16.7. The van der Waals surface area contributed by atoms with Gasteiger partial charge in [-0.15, -0.1) is 10.2 Å². The maximum atomic E-state index is 11.8. The number of ether oxygens (including phenoxy) is 2. The average Bonchev–Trinajstić information content (AvgIpc) is 3.21. The average molecular weight is 397 g/mol. The monoisotopic (exact) mass is 397 g/mol. The van der Waals surface area contributed by atoms with Gasteiger partial charge in [0.25, 0.3) is 0 Å². The molecule has 1 aromatic heterocycles. The van der Waals surface area contributed by atoms with Crippen LogP contribution in [0.2, 0.25) is 0 Å². The summed E-state index contributed by atoms with van der Waals surface area (Å²) in [5, 5.41) is 11.3. The van der Waals surface area contributed by atoms with Gasteiger partial charge in [0.1, 0.15) is 0 Å². The van der Waals surface area contributed by atoms with E-state index in [9.17, 15) is 4.79 Å². The van der Waals surface area contributed by atoms with Crippen LogP contribution in [0.4, 0.5) is 11.6 Å².